The van der Waals surface area contributed by atoms with E-state index in [2.05, 4.69) is 10.4 Å². The lowest BCUT2D eigenvalue weighted by Gasteiger charge is -2.09. The summed E-state index contributed by atoms with van der Waals surface area (Å²) in [5.74, 6) is -2.55. The number of aromatic nitrogens is 2. The maximum absolute atomic E-state index is 14.1. The molecule has 31 heavy (non-hydrogen) atoms. The number of hydrogen-bond donors (Lipinski definition) is 1. The molecule has 0 aliphatic rings. The van der Waals surface area contributed by atoms with Crippen molar-refractivity contribution in [3.8, 4) is 0 Å². The van der Waals surface area contributed by atoms with Gasteiger partial charge in [0.15, 0.2) is 11.5 Å². The molecular weight excluding hydrogens is 454 g/mol. The van der Waals surface area contributed by atoms with E-state index in [1.807, 2.05) is 0 Å². The Bertz CT molecular complexity index is 1110. The zero-order valence-electron chi connectivity index (χ0n) is 16.4. The quantitative estimate of drug-likeness (QED) is 0.441. The average molecular weight is 472 g/mol. The standard InChI is InChI=1S/C21H18Cl2F3N3O2/c1-2-31-21(30)19-14(8-9-27-17-5-3-4-15(22)18(17)26)20(23)29(28-19)11-12-10-13(24)6-7-16(12)25/h3-7,10,27H,2,8-9,11H2,1H3. The van der Waals surface area contributed by atoms with E-state index in [1.165, 1.54) is 16.8 Å². The fourth-order valence-electron chi connectivity index (χ4n) is 2.96. The van der Waals surface area contributed by atoms with Gasteiger partial charge in [-0.2, -0.15) is 5.10 Å². The molecule has 0 saturated heterocycles. The number of nitrogens with zero attached hydrogens (tertiary/aromatic N) is 2. The molecule has 164 valence electrons. The molecule has 5 nitrogen and oxygen atoms in total. The van der Waals surface area contributed by atoms with Gasteiger partial charge in [-0.15, -0.1) is 0 Å². The fraction of sp³-hybridized carbons (Fsp3) is 0.238. The zero-order chi connectivity index (χ0) is 22.5. The Morgan fingerprint density at radius 2 is 1.97 bits per heavy atom. The minimum Gasteiger partial charge on any atom is -0.461 e. The van der Waals surface area contributed by atoms with Crippen LogP contribution in [0.1, 0.15) is 28.5 Å². The summed E-state index contributed by atoms with van der Waals surface area (Å²) in [6.07, 6.45) is 0.185. The molecule has 0 fully saturated rings. The van der Waals surface area contributed by atoms with Crippen molar-refractivity contribution in [3.63, 3.8) is 0 Å². The number of carbonyl (C=O) groups excluding carboxylic acids is 1. The number of ether oxygens (including phenoxy) is 1. The molecule has 0 spiro atoms. The minimum atomic E-state index is -0.702. The van der Waals surface area contributed by atoms with Gasteiger partial charge in [0.1, 0.15) is 16.8 Å². The molecule has 0 aliphatic heterocycles. The summed E-state index contributed by atoms with van der Waals surface area (Å²) in [6.45, 7) is 1.77. The first kappa shape index (κ1) is 23.0. The average Bonchev–Trinajstić information content (AvgIpc) is 3.04. The van der Waals surface area contributed by atoms with E-state index in [4.69, 9.17) is 27.9 Å². The largest absolute Gasteiger partial charge is 0.461 e. The third-order valence-corrected chi connectivity index (χ3v) is 5.14. The molecule has 3 aromatic rings. The predicted octanol–water partition coefficient (Wildman–Crippen LogP) is 5.49. The zero-order valence-corrected chi connectivity index (χ0v) is 17.9. The molecule has 2 aromatic carbocycles. The Kier molecular flexibility index (Phi) is 7.46. The Morgan fingerprint density at radius 1 is 1.19 bits per heavy atom. The number of hydrogen-bond acceptors (Lipinski definition) is 4. The number of rotatable bonds is 8. The number of nitrogens with one attached hydrogen (secondary N) is 1. The molecule has 1 aromatic heterocycles. The van der Waals surface area contributed by atoms with Gasteiger partial charge in [0.25, 0.3) is 0 Å². The lowest BCUT2D eigenvalue weighted by atomic mass is 10.1. The van der Waals surface area contributed by atoms with Gasteiger partial charge in [0, 0.05) is 17.7 Å². The Hall–Kier alpha value is -2.71. The van der Waals surface area contributed by atoms with Gasteiger partial charge in [-0.1, -0.05) is 29.3 Å². The Labute approximate surface area is 186 Å². The molecule has 0 amide bonds. The second-order valence-electron chi connectivity index (χ2n) is 6.51. The molecule has 1 heterocycles. The van der Waals surface area contributed by atoms with Crippen LogP contribution in [0.5, 0.6) is 0 Å². The van der Waals surface area contributed by atoms with E-state index in [0.29, 0.717) is 5.56 Å². The normalized spacial score (nSPS) is 10.9. The number of anilines is 1. The number of esters is 1. The van der Waals surface area contributed by atoms with Crippen LogP contribution < -0.4 is 5.32 Å². The van der Waals surface area contributed by atoms with E-state index in [-0.39, 0.29) is 53.2 Å². The van der Waals surface area contributed by atoms with Crippen molar-refractivity contribution >= 4 is 34.9 Å². The second kappa shape index (κ2) is 10.1. The van der Waals surface area contributed by atoms with Crippen molar-refractivity contribution in [2.45, 2.75) is 19.9 Å². The van der Waals surface area contributed by atoms with Crippen LogP contribution in [0.2, 0.25) is 10.2 Å². The van der Waals surface area contributed by atoms with Gasteiger partial charge >= 0.3 is 5.97 Å². The van der Waals surface area contributed by atoms with Crippen LogP contribution in [-0.2, 0) is 17.7 Å². The molecule has 0 atom stereocenters. The summed E-state index contributed by atoms with van der Waals surface area (Å²) in [6, 6.07) is 7.56. The first-order valence-corrected chi connectivity index (χ1v) is 10.1. The Balaban J connectivity index is 1.86. The van der Waals surface area contributed by atoms with Gasteiger partial charge in [0.2, 0.25) is 0 Å². The smallest absolute Gasteiger partial charge is 0.359 e. The van der Waals surface area contributed by atoms with Crippen LogP contribution in [0, 0.1) is 17.5 Å². The minimum absolute atomic E-state index is 0.0190. The predicted molar refractivity (Wildman–Crippen MR) is 112 cm³/mol. The number of halogens is 5. The molecule has 10 heteroatoms. The van der Waals surface area contributed by atoms with E-state index in [1.54, 1.807) is 13.0 Å². The molecule has 0 radical (unpaired) electrons. The van der Waals surface area contributed by atoms with Crippen molar-refractivity contribution in [3.05, 3.63) is 80.8 Å². The summed E-state index contributed by atoms with van der Waals surface area (Å²) in [4.78, 5) is 12.3. The van der Waals surface area contributed by atoms with Crippen molar-refractivity contribution < 1.29 is 22.7 Å². The monoisotopic (exact) mass is 471 g/mol. The van der Waals surface area contributed by atoms with Crippen molar-refractivity contribution in [1.82, 2.24) is 9.78 Å². The van der Waals surface area contributed by atoms with Crippen molar-refractivity contribution in [2.75, 3.05) is 18.5 Å². The van der Waals surface area contributed by atoms with E-state index in [9.17, 15) is 18.0 Å². The molecule has 0 aliphatic carbocycles. The molecule has 0 saturated carbocycles. The maximum Gasteiger partial charge on any atom is 0.359 e. The van der Waals surface area contributed by atoms with Gasteiger partial charge in [-0.05, 0) is 43.7 Å². The summed E-state index contributed by atoms with van der Waals surface area (Å²) < 4.78 is 47.8. The highest BCUT2D eigenvalue weighted by Crippen LogP contribution is 2.25. The first-order valence-electron chi connectivity index (χ1n) is 9.36. The molecule has 0 unspecified atom stereocenters. The van der Waals surface area contributed by atoms with Gasteiger partial charge in [0.05, 0.1) is 23.9 Å². The third-order valence-electron chi connectivity index (χ3n) is 4.42. The Morgan fingerprint density at radius 3 is 2.71 bits per heavy atom. The molecular formula is C21H18Cl2F3N3O2. The van der Waals surface area contributed by atoms with Gasteiger partial charge in [-0.3, -0.25) is 0 Å². The highest BCUT2D eigenvalue weighted by Gasteiger charge is 2.23. The van der Waals surface area contributed by atoms with Gasteiger partial charge in [-0.25, -0.2) is 22.6 Å². The van der Waals surface area contributed by atoms with Crippen LogP contribution >= 0.6 is 23.2 Å². The van der Waals surface area contributed by atoms with Crippen LogP contribution in [0.15, 0.2) is 36.4 Å². The molecule has 1 N–H and O–H groups in total. The van der Waals surface area contributed by atoms with E-state index < -0.39 is 23.4 Å². The highest BCUT2D eigenvalue weighted by atomic mass is 35.5. The van der Waals surface area contributed by atoms with Crippen molar-refractivity contribution in [1.29, 1.82) is 0 Å². The van der Waals surface area contributed by atoms with Gasteiger partial charge < -0.3 is 10.1 Å². The van der Waals surface area contributed by atoms with Crippen molar-refractivity contribution in [2.24, 2.45) is 0 Å². The number of benzene rings is 2. The number of carbonyl (C=O) groups is 1. The fourth-order valence-corrected chi connectivity index (χ4v) is 3.41. The summed E-state index contributed by atoms with van der Waals surface area (Å²) >= 11 is 12.2. The molecule has 3 rings (SSSR count). The summed E-state index contributed by atoms with van der Waals surface area (Å²) in [5, 5.41) is 7.08. The molecule has 0 bridgehead atoms. The van der Waals surface area contributed by atoms with Crippen LogP contribution in [0.4, 0.5) is 18.9 Å². The lowest BCUT2D eigenvalue weighted by Crippen LogP contribution is -2.12. The summed E-state index contributed by atoms with van der Waals surface area (Å²) in [7, 11) is 0. The highest BCUT2D eigenvalue weighted by molar-refractivity contribution is 6.31. The summed E-state index contributed by atoms with van der Waals surface area (Å²) in [5.41, 5.74) is 0.505. The second-order valence-corrected chi connectivity index (χ2v) is 7.28. The van der Waals surface area contributed by atoms with Crippen LogP contribution in [0.25, 0.3) is 0 Å². The SMILES string of the molecule is CCOC(=O)c1nn(Cc2cc(F)ccc2F)c(Cl)c1CCNc1cccc(Cl)c1F. The van der Waals surface area contributed by atoms with Crippen LogP contribution in [-0.4, -0.2) is 28.9 Å². The topological polar surface area (TPSA) is 56.1 Å². The third kappa shape index (κ3) is 5.32. The first-order chi connectivity index (χ1) is 14.8. The lowest BCUT2D eigenvalue weighted by molar-refractivity contribution is 0.0517. The van der Waals surface area contributed by atoms with Crippen LogP contribution in [0.3, 0.4) is 0 Å². The van der Waals surface area contributed by atoms with E-state index >= 15 is 0 Å². The maximum atomic E-state index is 14.1. The van der Waals surface area contributed by atoms with E-state index in [0.717, 1.165) is 18.2 Å².